The van der Waals surface area contributed by atoms with Gasteiger partial charge in [-0.25, -0.2) is 0 Å². The Hall–Kier alpha value is -1.62. The molecule has 0 saturated carbocycles. The number of benzene rings is 1. The second-order valence-corrected chi connectivity index (χ2v) is 6.09. The highest BCUT2D eigenvalue weighted by Crippen LogP contribution is 2.22. The first-order valence-electron chi connectivity index (χ1n) is 8.44. The summed E-state index contributed by atoms with van der Waals surface area (Å²) in [6.07, 6.45) is 2.55. The van der Waals surface area contributed by atoms with Gasteiger partial charge < -0.3 is 14.5 Å². The van der Waals surface area contributed by atoms with Gasteiger partial charge in [-0.15, -0.1) is 0 Å². The van der Waals surface area contributed by atoms with Crippen LogP contribution in [-0.4, -0.2) is 44.3 Å². The van der Waals surface area contributed by atoms with Crippen LogP contribution in [-0.2, 0) is 11.3 Å². The minimum Gasteiger partial charge on any atom is -0.460 e. The molecule has 1 aromatic carbocycles. The summed E-state index contributed by atoms with van der Waals surface area (Å²) >= 11 is 0. The van der Waals surface area contributed by atoms with E-state index in [9.17, 15) is 0 Å². The molecule has 23 heavy (non-hydrogen) atoms. The first-order valence-corrected chi connectivity index (χ1v) is 8.44. The highest BCUT2D eigenvalue weighted by atomic mass is 16.5. The summed E-state index contributed by atoms with van der Waals surface area (Å²) < 4.78 is 11.1. The van der Waals surface area contributed by atoms with Gasteiger partial charge in [0.1, 0.15) is 11.5 Å². The molecule has 0 aliphatic carbocycles. The Morgan fingerprint density at radius 3 is 2.91 bits per heavy atom. The van der Waals surface area contributed by atoms with Crippen molar-refractivity contribution in [1.82, 2.24) is 10.2 Å². The highest BCUT2D eigenvalue weighted by molar-refractivity contribution is 5.57. The van der Waals surface area contributed by atoms with E-state index in [0.717, 1.165) is 43.3 Å². The van der Waals surface area contributed by atoms with Crippen molar-refractivity contribution >= 4 is 0 Å². The molecule has 4 heteroatoms. The zero-order valence-electron chi connectivity index (χ0n) is 13.8. The van der Waals surface area contributed by atoms with Crippen LogP contribution in [0.5, 0.6) is 0 Å². The maximum absolute atomic E-state index is 5.93. The quantitative estimate of drug-likeness (QED) is 0.812. The number of rotatable bonds is 8. The van der Waals surface area contributed by atoms with Gasteiger partial charge >= 0.3 is 0 Å². The molecular weight excluding hydrogens is 288 g/mol. The molecule has 0 radical (unpaired) electrons. The van der Waals surface area contributed by atoms with Crippen LogP contribution in [0.2, 0.25) is 0 Å². The molecule has 0 bridgehead atoms. The molecule has 2 heterocycles. The maximum Gasteiger partial charge on any atom is 0.134 e. The Labute approximate surface area is 138 Å². The standard InChI is InChI=1S/C19H26N2O2/c1-22-13-12-21-11-5-8-17(21)14-20-15-18-9-10-19(23-18)16-6-3-2-4-7-16/h2-4,6-7,9-10,17,20H,5,8,11-15H2,1H3. The molecule has 1 saturated heterocycles. The van der Waals surface area contributed by atoms with Gasteiger partial charge in [0.25, 0.3) is 0 Å². The number of ether oxygens (including phenoxy) is 1. The molecule has 1 aromatic heterocycles. The average molecular weight is 314 g/mol. The van der Waals surface area contributed by atoms with Crippen LogP contribution >= 0.6 is 0 Å². The lowest BCUT2D eigenvalue weighted by Crippen LogP contribution is -2.39. The molecule has 1 aliphatic rings. The van der Waals surface area contributed by atoms with E-state index in [1.807, 2.05) is 24.3 Å². The number of methoxy groups -OCH3 is 1. The van der Waals surface area contributed by atoms with E-state index in [2.05, 4.69) is 28.4 Å². The van der Waals surface area contributed by atoms with Crippen molar-refractivity contribution < 1.29 is 9.15 Å². The summed E-state index contributed by atoms with van der Waals surface area (Å²) in [6, 6.07) is 15.0. The zero-order chi connectivity index (χ0) is 15.9. The van der Waals surface area contributed by atoms with Gasteiger partial charge in [-0.3, -0.25) is 4.90 Å². The molecule has 124 valence electrons. The summed E-state index contributed by atoms with van der Waals surface area (Å²) in [5, 5.41) is 3.54. The maximum atomic E-state index is 5.93. The predicted octanol–water partition coefficient (Wildman–Crippen LogP) is 3.15. The Balaban J connectivity index is 1.47. The molecule has 1 fully saturated rings. The van der Waals surface area contributed by atoms with Crippen LogP contribution in [0.1, 0.15) is 18.6 Å². The smallest absolute Gasteiger partial charge is 0.134 e. The van der Waals surface area contributed by atoms with Gasteiger partial charge in [-0.05, 0) is 31.5 Å². The fourth-order valence-corrected chi connectivity index (χ4v) is 3.22. The normalized spacial score (nSPS) is 18.6. The fraction of sp³-hybridized carbons (Fsp3) is 0.474. The number of nitrogens with one attached hydrogen (secondary N) is 1. The predicted molar refractivity (Wildman–Crippen MR) is 92.3 cm³/mol. The second kappa shape index (κ2) is 8.29. The average Bonchev–Trinajstić information content (AvgIpc) is 3.23. The van der Waals surface area contributed by atoms with Gasteiger partial charge in [0.15, 0.2) is 0 Å². The molecule has 0 spiro atoms. The van der Waals surface area contributed by atoms with Crippen molar-refractivity contribution in [2.24, 2.45) is 0 Å². The van der Waals surface area contributed by atoms with Gasteiger partial charge in [0, 0.05) is 31.8 Å². The summed E-state index contributed by atoms with van der Waals surface area (Å²) in [5.74, 6) is 1.93. The van der Waals surface area contributed by atoms with Crippen LogP contribution in [0.25, 0.3) is 11.3 Å². The number of likely N-dealkylation sites (tertiary alicyclic amines) is 1. The monoisotopic (exact) mass is 314 g/mol. The molecule has 1 N–H and O–H groups in total. The molecule has 1 unspecified atom stereocenters. The van der Waals surface area contributed by atoms with Crippen LogP contribution in [0.3, 0.4) is 0 Å². The van der Waals surface area contributed by atoms with Crippen LogP contribution in [0.15, 0.2) is 46.9 Å². The Kier molecular flexibility index (Phi) is 5.86. The van der Waals surface area contributed by atoms with Crippen molar-refractivity contribution in [3.63, 3.8) is 0 Å². The minimum atomic E-state index is 0.619. The van der Waals surface area contributed by atoms with Crippen molar-refractivity contribution in [2.45, 2.75) is 25.4 Å². The topological polar surface area (TPSA) is 37.6 Å². The molecule has 4 nitrogen and oxygen atoms in total. The first kappa shape index (κ1) is 16.2. The van der Waals surface area contributed by atoms with Gasteiger partial charge in [0.05, 0.1) is 13.2 Å². The number of furan rings is 1. The highest BCUT2D eigenvalue weighted by Gasteiger charge is 2.23. The molecular formula is C19H26N2O2. The Morgan fingerprint density at radius 1 is 1.22 bits per heavy atom. The minimum absolute atomic E-state index is 0.619. The lowest BCUT2D eigenvalue weighted by atomic mass is 10.2. The molecule has 2 aromatic rings. The van der Waals surface area contributed by atoms with Crippen LogP contribution < -0.4 is 5.32 Å². The fourth-order valence-electron chi connectivity index (χ4n) is 3.22. The van der Waals surface area contributed by atoms with E-state index in [-0.39, 0.29) is 0 Å². The molecule has 1 atom stereocenters. The number of hydrogen-bond donors (Lipinski definition) is 1. The van der Waals surface area contributed by atoms with E-state index in [1.165, 1.54) is 19.4 Å². The molecule has 1 aliphatic heterocycles. The van der Waals surface area contributed by atoms with Gasteiger partial charge in [-0.2, -0.15) is 0 Å². The van der Waals surface area contributed by atoms with Gasteiger partial charge in [-0.1, -0.05) is 30.3 Å². The van der Waals surface area contributed by atoms with Crippen LogP contribution in [0, 0.1) is 0 Å². The van der Waals surface area contributed by atoms with Crippen molar-refractivity contribution in [3.8, 4) is 11.3 Å². The number of nitrogens with zero attached hydrogens (tertiary/aromatic N) is 1. The lowest BCUT2D eigenvalue weighted by molar-refractivity contribution is 0.140. The molecule has 0 amide bonds. The summed E-state index contributed by atoms with van der Waals surface area (Å²) in [4.78, 5) is 2.52. The zero-order valence-corrected chi connectivity index (χ0v) is 13.8. The largest absolute Gasteiger partial charge is 0.460 e. The van der Waals surface area contributed by atoms with Crippen molar-refractivity contribution in [3.05, 3.63) is 48.2 Å². The summed E-state index contributed by atoms with van der Waals surface area (Å²) in [7, 11) is 1.77. The molecule has 3 rings (SSSR count). The van der Waals surface area contributed by atoms with Crippen LogP contribution in [0.4, 0.5) is 0 Å². The van der Waals surface area contributed by atoms with Gasteiger partial charge in [0.2, 0.25) is 0 Å². The van der Waals surface area contributed by atoms with E-state index in [4.69, 9.17) is 9.15 Å². The number of hydrogen-bond acceptors (Lipinski definition) is 4. The first-order chi connectivity index (χ1) is 11.4. The van der Waals surface area contributed by atoms with Crippen molar-refractivity contribution in [1.29, 1.82) is 0 Å². The van der Waals surface area contributed by atoms with E-state index >= 15 is 0 Å². The third kappa shape index (κ3) is 4.44. The third-order valence-electron chi connectivity index (χ3n) is 4.48. The SMILES string of the molecule is COCCN1CCCC1CNCc1ccc(-c2ccccc2)o1. The lowest BCUT2D eigenvalue weighted by Gasteiger charge is -2.24. The second-order valence-electron chi connectivity index (χ2n) is 6.09. The Bertz CT molecular complexity index is 582. The van der Waals surface area contributed by atoms with E-state index in [1.54, 1.807) is 7.11 Å². The van der Waals surface area contributed by atoms with E-state index in [0.29, 0.717) is 6.04 Å². The summed E-state index contributed by atoms with van der Waals surface area (Å²) in [5.41, 5.74) is 1.13. The third-order valence-corrected chi connectivity index (χ3v) is 4.48. The van der Waals surface area contributed by atoms with Crippen molar-refractivity contribution in [2.75, 3.05) is 33.4 Å². The Morgan fingerprint density at radius 2 is 2.09 bits per heavy atom. The van der Waals surface area contributed by atoms with E-state index < -0.39 is 0 Å². The summed E-state index contributed by atoms with van der Waals surface area (Å²) in [6.45, 7) is 4.82.